The SMILES string of the molecule is CN=C(NCC1CCS(=O)(=O)C1)N1CCSC2(CCCCC2)C1.I. The van der Waals surface area contributed by atoms with Crippen molar-refractivity contribution in [3.63, 3.8) is 0 Å². The summed E-state index contributed by atoms with van der Waals surface area (Å²) in [6.45, 7) is 2.85. The van der Waals surface area contributed by atoms with Crippen molar-refractivity contribution in [3.8, 4) is 0 Å². The number of hydrogen-bond donors (Lipinski definition) is 1. The summed E-state index contributed by atoms with van der Waals surface area (Å²) in [6, 6.07) is 0. The Morgan fingerprint density at radius 2 is 2.08 bits per heavy atom. The van der Waals surface area contributed by atoms with Gasteiger partial charge in [0.2, 0.25) is 0 Å². The minimum atomic E-state index is -2.79. The molecule has 2 heterocycles. The molecule has 0 radical (unpaired) electrons. The Balaban J connectivity index is 0.00000208. The highest BCUT2D eigenvalue weighted by Gasteiger charge is 2.38. The standard InChI is InChI=1S/C16H29N3O2S2.HI/c1-17-15(18-11-14-5-10-23(20,21)12-14)19-8-9-22-16(13-19)6-3-2-4-7-16;/h14H,2-13H2,1H3,(H,17,18);1H. The number of halogens is 1. The molecule has 0 amide bonds. The fourth-order valence-corrected chi connectivity index (χ4v) is 7.56. The first-order valence-electron chi connectivity index (χ1n) is 8.82. The zero-order valence-corrected chi connectivity index (χ0v) is 18.5. The van der Waals surface area contributed by atoms with E-state index in [-0.39, 0.29) is 29.9 Å². The van der Waals surface area contributed by atoms with E-state index in [0.717, 1.165) is 32.0 Å². The Morgan fingerprint density at radius 3 is 2.71 bits per heavy atom. The van der Waals surface area contributed by atoms with Crippen LogP contribution in [0.1, 0.15) is 38.5 Å². The lowest BCUT2D eigenvalue weighted by molar-refractivity contribution is 0.292. The van der Waals surface area contributed by atoms with Crippen molar-refractivity contribution in [2.45, 2.75) is 43.3 Å². The quantitative estimate of drug-likeness (QED) is 0.368. The molecular weight excluding hydrogens is 457 g/mol. The molecule has 0 aromatic carbocycles. The van der Waals surface area contributed by atoms with E-state index in [0.29, 0.717) is 16.3 Å². The van der Waals surface area contributed by atoms with Crippen molar-refractivity contribution in [1.29, 1.82) is 0 Å². The summed E-state index contributed by atoms with van der Waals surface area (Å²) in [5.41, 5.74) is 0. The van der Waals surface area contributed by atoms with E-state index in [2.05, 4.69) is 27.0 Å². The van der Waals surface area contributed by atoms with Crippen LogP contribution in [0.3, 0.4) is 0 Å². The molecule has 0 aromatic rings. The van der Waals surface area contributed by atoms with Crippen LogP contribution in [0.15, 0.2) is 4.99 Å². The Morgan fingerprint density at radius 1 is 1.33 bits per heavy atom. The highest BCUT2D eigenvalue weighted by molar-refractivity contribution is 14.0. The second-order valence-electron chi connectivity index (χ2n) is 7.21. The Kier molecular flexibility index (Phi) is 7.55. The van der Waals surface area contributed by atoms with Crippen LogP contribution in [-0.2, 0) is 9.84 Å². The van der Waals surface area contributed by atoms with Gasteiger partial charge in [-0.15, -0.1) is 24.0 Å². The van der Waals surface area contributed by atoms with Crippen molar-refractivity contribution in [2.75, 3.05) is 43.9 Å². The molecule has 2 saturated heterocycles. The second-order valence-corrected chi connectivity index (χ2v) is 11.0. The van der Waals surface area contributed by atoms with Crippen LogP contribution in [0, 0.1) is 5.92 Å². The normalized spacial score (nSPS) is 29.3. The molecular formula is C16H30IN3O2S2. The van der Waals surface area contributed by atoms with Gasteiger partial charge in [0.15, 0.2) is 15.8 Å². The predicted molar refractivity (Wildman–Crippen MR) is 113 cm³/mol. The van der Waals surface area contributed by atoms with Crippen molar-refractivity contribution in [2.24, 2.45) is 10.9 Å². The topological polar surface area (TPSA) is 61.8 Å². The van der Waals surface area contributed by atoms with Gasteiger partial charge in [-0.2, -0.15) is 11.8 Å². The van der Waals surface area contributed by atoms with E-state index in [1.165, 1.54) is 37.9 Å². The Bertz CT molecular complexity index is 542. The predicted octanol–water partition coefficient (Wildman–Crippen LogP) is 2.37. The molecule has 0 aromatic heterocycles. The summed E-state index contributed by atoms with van der Waals surface area (Å²) in [5, 5.41) is 3.44. The van der Waals surface area contributed by atoms with Gasteiger partial charge in [-0.3, -0.25) is 4.99 Å². The van der Waals surface area contributed by atoms with Crippen molar-refractivity contribution >= 4 is 51.5 Å². The van der Waals surface area contributed by atoms with E-state index < -0.39 is 9.84 Å². The van der Waals surface area contributed by atoms with Crippen molar-refractivity contribution < 1.29 is 8.42 Å². The van der Waals surface area contributed by atoms with E-state index >= 15 is 0 Å². The van der Waals surface area contributed by atoms with Crippen molar-refractivity contribution in [1.82, 2.24) is 10.2 Å². The van der Waals surface area contributed by atoms with Crippen LogP contribution >= 0.6 is 35.7 Å². The summed E-state index contributed by atoms with van der Waals surface area (Å²) < 4.78 is 23.6. The van der Waals surface area contributed by atoms with Crippen LogP contribution in [0.4, 0.5) is 0 Å². The average molecular weight is 487 g/mol. The largest absolute Gasteiger partial charge is 0.356 e. The summed E-state index contributed by atoms with van der Waals surface area (Å²) in [4.78, 5) is 6.85. The van der Waals surface area contributed by atoms with Gasteiger partial charge in [0.05, 0.1) is 11.5 Å². The van der Waals surface area contributed by atoms with Gasteiger partial charge in [0, 0.05) is 37.2 Å². The molecule has 8 heteroatoms. The Hall–Kier alpha value is 0.300. The van der Waals surface area contributed by atoms with E-state index in [9.17, 15) is 8.42 Å². The number of thioether (sulfide) groups is 1. The number of rotatable bonds is 2. The molecule has 24 heavy (non-hydrogen) atoms. The maximum Gasteiger partial charge on any atom is 0.193 e. The molecule has 1 aliphatic carbocycles. The van der Waals surface area contributed by atoms with Crippen LogP contribution in [0.5, 0.6) is 0 Å². The molecule has 1 saturated carbocycles. The molecule has 1 N–H and O–H groups in total. The van der Waals surface area contributed by atoms with Gasteiger partial charge in [-0.1, -0.05) is 19.3 Å². The molecule has 3 aliphatic rings. The number of nitrogens with one attached hydrogen (secondary N) is 1. The third-order valence-corrected chi connectivity index (χ3v) is 8.77. The molecule has 3 rings (SSSR count). The summed E-state index contributed by atoms with van der Waals surface area (Å²) in [6.07, 6.45) is 7.52. The van der Waals surface area contributed by atoms with Crippen LogP contribution < -0.4 is 5.32 Å². The minimum absolute atomic E-state index is 0. The van der Waals surface area contributed by atoms with Gasteiger partial charge < -0.3 is 10.2 Å². The molecule has 3 fully saturated rings. The summed E-state index contributed by atoms with van der Waals surface area (Å²) in [5.74, 6) is 3.04. The molecule has 1 unspecified atom stereocenters. The Labute approximate surface area is 167 Å². The zero-order valence-electron chi connectivity index (χ0n) is 14.5. The number of guanidine groups is 1. The molecule has 2 aliphatic heterocycles. The van der Waals surface area contributed by atoms with E-state index in [1.807, 2.05) is 7.05 Å². The van der Waals surface area contributed by atoms with Gasteiger partial charge in [-0.05, 0) is 25.2 Å². The lowest BCUT2D eigenvalue weighted by Gasteiger charge is -2.45. The minimum Gasteiger partial charge on any atom is -0.356 e. The van der Waals surface area contributed by atoms with Gasteiger partial charge >= 0.3 is 0 Å². The molecule has 0 bridgehead atoms. The van der Waals surface area contributed by atoms with Crippen LogP contribution in [0.25, 0.3) is 0 Å². The zero-order chi connectivity index (χ0) is 16.3. The smallest absolute Gasteiger partial charge is 0.193 e. The lowest BCUT2D eigenvalue weighted by Crippen LogP contribution is -2.54. The molecule has 5 nitrogen and oxygen atoms in total. The number of nitrogens with zero attached hydrogens (tertiary/aromatic N) is 2. The summed E-state index contributed by atoms with van der Waals surface area (Å²) in [7, 11) is -0.958. The van der Waals surface area contributed by atoms with E-state index in [4.69, 9.17) is 0 Å². The van der Waals surface area contributed by atoms with Crippen LogP contribution in [-0.4, -0.2) is 68.0 Å². The first-order chi connectivity index (χ1) is 11.0. The lowest BCUT2D eigenvalue weighted by atomic mass is 9.87. The van der Waals surface area contributed by atoms with E-state index in [1.54, 1.807) is 0 Å². The van der Waals surface area contributed by atoms with Gasteiger partial charge in [0.25, 0.3) is 0 Å². The fraction of sp³-hybridized carbons (Fsp3) is 0.938. The third-order valence-electron chi connectivity index (χ3n) is 5.40. The fourth-order valence-electron chi connectivity index (χ4n) is 4.13. The van der Waals surface area contributed by atoms with Gasteiger partial charge in [-0.25, -0.2) is 8.42 Å². The summed E-state index contributed by atoms with van der Waals surface area (Å²) >= 11 is 2.16. The highest BCUT2D eigenvalue weighted by Crippen LogP contribution is 2.42. The average Bonchev–Trinajstić information content (AvgIpc) is 2.88. The first-order valence-corrected chi connectivity index (χ1v) is 11.6. The third kappa shape index (κ3) is 5.16. The number of sulfone groups is 1. The molecule has 1 spiro atoms. The number of hydrogen-bond acceptors (Lipinski definition) is 4. The van der Waals surface area contributed by atoms with Gasteiger partial charge in [0.1, 0.15) is 0 Å². The number of aliphatic imine (C=N–C) groups is 1. The maximum absolute atomic E-state index is 11.6. The monoisotopic (exact) mass is 487 g/mol. The first kappa shape index (κ1) is 20.6. The molecule has 1 atom stereocenters. The van der Waals surface area contributed by atoms with Crippen LogP contribution in [0.2, 0.25) is 0 Å². The molecule has 140 valence electrons. The maximum atomic E-state index is 11.6. The van der Waals surface area contributed by atoms with Crippen molar-refractivity contribution in [3.05, 3.63) is 0 Å². The second kappa shape index (κ2) is 8.79. The highest BCUT2D eigenvalue weighted by atomic mass is 127.